The predicted molar refractivity (Wildman–Crippen MR) is 114 cm³/mol. The van der Waals surface area contributed by atoms with Gasteiger partial charge < -0.3 is 19.5 Å². The first-order valence-corrected chi connectivity index (χ1v) is 11.0. The number of fused-ring (bicyclic) bond motifs is 1. The number of aryl methyl sites for hydroxylation is 1. The Kier molecular flexibility index (Phi) is 6.04. The Hall–Kier alpha value is -2.15. The van der Waals surface area contributed by atoms with Crippen LogP contribution in [0.1, 0.15) is 55.6 Å². The summed E-state index contributed by atoms with van der Waals surface area (Å²) in [5, 5.41) is 3.86. The lowest BCUT2D eigenvalue weighted by Crippen LogP contribution is -2.42. The molecule has 0 spiro atoms. The second kappa shape index (κ2) is 8.69. The van der Waals surface area contributed by atoms with Gasteiger partial charge in [-0.3, -0.25) is 4.79 Å². The number of carbonyl (C=O) groups is 1. The summed E-state index contributed by atoms with van der Waals surface area (Å²) >= 11 is 0. The van der Waals surface area contributed by atoms with Gasteiger partial charge in [-0.2, -0.15) is 0 Å². The van der Waals surface area contributed by atoms with E-state index in [1.165, 1.54) is 19.2 Å². The normalized spacial score (nSPS) is 23.5. The van der Waals surface area contributed by atoms with E-state index in [0.717, 1.165) is 68.6 Å². The molecule has 2 atom stereocenters. The van der Waals surface area contributed by atoms with E-state index < -0.39 is 0 Å². The van der Waals surface area contributed by atoms with Crippen LogP contribution >= 0.6 is 0 Å². The standard InChI is InChI=1S/C22H33N5O2/c1-15-11-16(2)13-26(12-15)10-7-23-21(28)18-17(3)29-22-19(18)20(24-14-25-22)27-8-5-4-6-9-27/h14-16H,4-13H2,1-3H3,(H,23,28)/t15-,16-/m1/s1. The number of nitrogens with one attached hydrogen (secondary N) is 1. The Labute approximate surface area is 172 Å². The van der Waals surface area contributed by atoms with E-state index in [1.807, 2.05) is 6.92 Å². The van der Waals surface area contributed by atoms with E-state index in [4.69, 9.17) is 4.42 Å². The molecule has 0 saturated carbocycles. The summed E-state index contributed by atoms with van der Waals surface area (Å²) in [6.07, 6.45) is 6.38. The summed E-state index contributed by atoms with van der Waals surface area (Å²) < 4.78 is 5.83. The molecule has 0 aliphatic carbocycles. The van der Waals surface area contributed by atoms with Crippen molar-refractivity contribution in [1.82, 2.24) is 20.2 Å². The minimum Gasteiger partial charge on any atom is -0.442 e. The molecular weight excluding hydrogens is 366 g/mol. The van der Waals surface area contributed by atoms with Crippen LogP contribution in [0.4, 0.5) is 5.82 Å². The Morgan fingerprint density at radius 1 is 1.17 bits per heavy atom. The number of rotatable bonds is 5. The largest absolute Gasteiger partial charge is 0.442 e. The van der Waals surface area contributed by atoms with Crippen molar-refractivity contribution in [3.05, 3.63) is 17.7 Å². The molecule has 158 valence electrons. The highest BCUT2D eigenvalue weighted by Gasteiger charge is 2.26. The first kappa shape index (κ1) is 20.1. The van der Waals surface area contributed by atoms with Crippen LogP contribution in [0.5, 0.6) is 0 Å². The molecule has 2 aromatic heterocycles. The molecule has 0 bridgehead atoms. The molecule has 2 aliphatic rings. The average molecular weight is 400 g/mol. The molecule has 2 saturated heterocycles. The van der Waals surface area contributed by atoms with Crippen LogP contribution in [0.15, 0.2) is 10.7 Å². The van der Waals surface area contributed by atoms with Crippen molar-refractivity contribution >= 4 is 22.8 Å². The van der Waals surface area contributed by atoms with Crippen LogP contribution in [-0.2, 0) is 0 Å². The first-order chi connectivity index (χ1) is 14.0. The summed E-state index contributed by atoms with van der Waals surface area (Å²) in [6, 6.07) is 0. The van der Waals surface area contributed by atoms with Gasteiger partial charge in [-0.05, 0) is 44.4 Å². The Balaban J connectivity index is 1.49. The monoisotopic (exact) mass is 399 g/mol. The summed E-state index contributed by atoms with van der Waals surface area (Å²) in [4.78, 5) is 26.6. The number of hydrogen-bond donors (Lipinski definition) is 1. The topological polar surface area (TPSA) is 74.5 Å². The molecule has 7 heteroatoms. The molecule has 0 aromatic carbocycles. The maximum absolute atomic E-state index is 13.1. The molecule has 2 aliphatic heterocycles. The van der Waals surface area contributed by atoms with Gasteiger partial charge in [-0.1, -0.05) is 13.8 Å². The van der Waals surface area contributed by atoms with E-state index in [0.29, 0.717) is 23.6 Å². The van der Waals surface area contributed by atoms with Gasteiger partial charge in [-0.15, -0.1) is 0 Å². The zero-order chi connectivity index (χ0) is 20.4. The third-order valence-electron chi connectivity index (χ3n) is 6.19. The van der Waals surface area contributed by atoms with Crippen molar-refractivity contribution in [1.29, 1.82) is 0 Å². The predicted octanol–water partition coefficient (Wildman–Crippen LogP) is 3.23. The lowest BCUT2D eigenvalue weighted by atomic mass is 9.92. The second-order valence-corrected chi connectivity index (χ2v) is 8.92. The summed E-state index contributed by atoms with van der Waals surface area (Å²) in [5.41, 5.74) is 1.09. The van der Waals surface area contributed by atoms with E-state index >= 15 is 0 Å². The molecule has 7 nitrogen and oxygen atoms in total. The minimum absolute atomic E-state index is 0.0904. The van der Waals surface area contributed by atoms with Gasteiger partial charge in [0.15, 0.2) is 0 Å². The molecular formula is C22H33N5O2. The van der Waals surface area contributed by atoms with E-state index in [9.17, 15) is 4.79 Å². The average Bonchev–Trinajstić information content (AvgIpc) is 3.03. The fraction of sp³-hybridized carbons (Fsp3) is 0.682. The van der Waals surface area contributed by atoms with Gasteiger partial charge >= 0.3 is 0 Å². The van der Waals surface area contributed by atoms with Gasteiger partial charge in [0.2, 0.25) is 5.71 Å². The highest BCUT2D eigenvalue weighted by molar-refractivity contribution is 6.10. The Bertz CT molecular complexity index is 848. The number of piperidine rings is 2. The first-order valence-electron chi connectivity index (χ1n) is 11.0. The van der Waals surface area contributed by atoms with Gasteiger partial charge in [0.1, 0.15) is 17.9 Å². The van der Waals surface area contributed by atoms with Crippen LogP contribution in [0.25, 0.3) is 11.1 Å². The molecule has 2 fully saturated rings. The Morgan fingerprint density at radius 3 is 2.62 bits per heavy atom. The molecule has 1 N–H and O–H groups in total. The van der Waals surface area contributed by atoms with Gasteiger partial charge in [-0.25, -0.2) is 9.97 Å². The van der Waals surface area contributed by atoms with E-state index in [1.54, 1.807) is 0 Å². The van der Waals surface area contributed by atoms with Crippen molar-refractivity contribution in [2.24, 2.45) is 11.8 Å². The lowest BCUT2D eigenvalue weighted by Gasteiger charge is -2.34. The molecule has 0 unspecified atom stereocenters. The van der Waals surface area contributed by atoms with E-state index in [-0.39, 0.29) is 5.91 Å². The smallest absolute Gasteiger partial charge is 0.255 e. The molecule has 4 heterocycles. The van der Waals surface area contributed by atoms with E-state index in [2.05, 4.69) is 38.9 Å². The highest BCUT2D eigenvalue weighted by atomic mass is 16.3. The SMILES string of the molecule is Cc1oc2ncnc(N3CCCCC3)c2c1C(=O)NCCN1C[C@H](C)C[C@@H](C)C1. The summed E-state index contributed by atoms with van der Waals surface area (Å²) in [5.74, 6) is 2.79. The fourth-order valence-corrected chi connectivity index (χ4v) is 5.04. The van der Waals surface area contributed by atoms with Crippen molar-refractivity contribution in [2.45, 2.75) is 46.5 Å². The number of hydrogen-bond acceptors (Lipinski definition) is 6. The molecule has 29 heavy (non-hydrogen) atoms. The fourth-order valence-electron chi connectivity index (χ4n) is 5.04. The number of nitrogens with zero attached hydrogens (tertiary/aromatic N) is 4. The number of amides is 1. The zero-order valence-corrected chi connectivity index (χ0v) is 17.9. The summed E-state index contributed by atoms with van der Waals surface area (Å²) in [6.45, 7) is 12.1. The van der Waals surface area contributed by atoms with Crippen LogP contribution in [0.2, 0.25) is 0 Å². The van der Waals surface area contributed by atoms with Crippen LogP contribution < -0.4 is 10.2 Å². The van der Waals surface area contributed by atoms with Crippen molar-refractivity contribution in [2.75, 3.05) is 44.2 Å². The van der Waals surface area contributed by atoms with Crippen LogP contribution in [-0.4, -0.2) is 60.0 Å². The summed E-state index contributed by atoms with van der Waals surface area (Å²) in [7, 11) is 0. The number of furan rings is 1. The third-order valence-corrected chi connectivity index (χ3v) is 6.19. The van der Waals surface area contributed by atoms with Crippen LogP contribution in [0, 0.1) is 18.8 Å². The third kappa shape index (κ3) is 4.39. The van der Waals surface area contributed by atoms with Gasteiger partial charge in [0.25, 0.3) is 5.91 Å². The molecule has 0 radical (unpaired) electrons. The number of aromatic nitrogens is 2. The van der Waals surface area contributed by atoms with Gasteiger partial charge in [0, 0.05) is 39.3 Å². The Morgan fingerprint density at radius 2 is 1.90 bits per heavy atom. The quantitative estimate of drug-likeness (QED) is 0.832. The zero-order valence-electron chi connectivity index (χ0n) is 17.9. The maximum Gasteiger partial charge on any atom is 0.255 e. The molecule has 4 rings (SSSR count). The van der Waals surface area contributed by atoms with Gasteiger partial charge in [0.05, 0.1) is 10.9 Å². The number of anilines is 1. The van der Waals surface area contributed by atoms with Crippen molar-refractivity contribution in [3.8, 4) is 0 Å². The lowest BCUT2D eigenvalue weighted by molar-refractivity contribution is 0.0936. The van der Waals surface area contributed by atoms with Crippen molar-refractivity contribution < 1.29 is 9.21 Å². The molecule has 1 amide bonds. The minimum atomic E-state index is -0.0904. The maximum atomic E-state index is 13.1. The second-order valence-electron chi connectivity index (χ2n) is 8.92. The highest BCUT2D eigenvalue weighted by Crippen LogP contribution is 2.32. The molecule has 2 aromatic rings. The van der Waals surface area contributed by atoms with Crippen LogP contribution in [0.3, 0.4) is 0 Å². The van der Waals surface area contributed by atoms with Crippen molar-refractivity contribution in [3.63, 3.8) is 0 Å². The number of likely N-dealkylation sites (tertiary alicyclic amines) is 1. The number of carbonyl (C=O) groups excluding carboxylic acids is 1.